The SMILES string of the molecule is COc1cccc(N2C(=O)C[C@H](N3CCN(C)CC3)C2=O)c1. The molecule has 0 aromatic heterocycles. The van der Waals surface area contributed by atoms with Crippen LogP contribution in [0.4, 0.5) is 5.69 Å². The van der Waals surface area contributed by atoms with E-state index in [0.29, 0.717) is 11.4 Å². The zero-order valence-electron chi connectivity index (χ0n) is 13.0. The Morgan fingerprint density at radius 1 is 1.14 bits per heavy atom. The van der Waals surface area contributed by atoms with Gasteiger partial charge in [-0.1, -0.05) is 6.07 Å². The first kappa shape index (κ1) is 15.0. The number of amides is 2. The molecule has 118 valence electrons. The molecule has 2 aliphatic rings. The van der Waals surface area contributed by atoms with Crippen molar-refractivity contribution in [2.45, 2.75) is 12.5 Å². The van der Waals surface area contributed by atoms with Crippen molar-refractivity contribution in [2.75, 3.05) is 45.2 Å². The monoisotopic (exact) mass is 303 g/mol. The number of carbonyl (C=O) groups excluding carboxylic acids is 2. The summed E-state index contributed by atoms with van der Waals surface area (Å²) in [4.78, 5) is 30.7. The molecule has 2 fully saturated rings. The highest BCUT2D eigenvalue weighted by Crippen LogP contribution is 2.28. The minimum Gasteiger partial charge on any atom is -0.497 e. The predicted octanol–water partition coefficient (Wildman–Crippen LogP) is 0.574. The van der Waals surface area contributed by atoms with Crippen molar-refractivity contribution < 1.29 is 14.3 Å². The fourth-order valence-electron chi connectivity index (χ4n) is 3.06. The lowest BCUT2D eigenvalue weighted by Gasteiger charge is -2.35. The van der Waals surface area contributed by atoms with Gasteiger partial charge in [-0.25, -0.2) is 4.90 Å². The van der Waals surface area contributed by atoms with Crippen LogP contribution in [0.5, 0.6) is 5.75 Å². The third-order valence-electron chi connectivity index (χ3n) is 4.41. The van der Waals surface area contributed by atoms with Gasteiger partial charge in [0.15, 0.2) is 0 Å². The Morgan fingerprint density at radius 3 is 2.55 bits per heavy atom. The van der Waals surface area contributed by atoms with Gasteiger partial charge in [0, 0.05) is 32.2 Å². The quantitative estimate of drug-likeness (QED) is 0.764. The molecule has 1 aromatic carbocycles. The summed E-state index contributed by atoms with van der Waals surface area (Å²) in [6, 6.07) is 6.75. The van der Waals surface area contributed by atoms with Gasteiger partial charge in [-0.3, -0.25) is 14.5 Å². The molecular weight excluding hydrogens is 282 g/mol. The van der Waals surface area contributed by atoms with E-state index >= 15 is 0 Å². The Bertz CT molecular complexity index is 582. The molecule has 0 saturated carbocycles. The molecule has 2 aliphatic heterocycles. The second-order valence-corrected chi connectivity index (χ2v) is 5.83. The third-order valence-corrected chi connectivity index (χ3v) is 4.41. The minimum absolute atomic E-state index is 0.122. The Balaban J connectivity index is 1.79. The van der Waals surface area contributed by atoms with E-state index < -0.39 is 0 Å². The number of benzene rings is 1. The second kappa shape index (κ2) is 6.06. The summed E-state index contributed by atoms with van der Waals surface area (Å²) in [6.45, 7) is 3.51. The number of hydrogen-bond donors (Lipinski definition) is 0. The second-order valence-electron chi connectivity index (χ2n) is 5.83. The first-order chi connectivity index (χ1) is 10.6. The number of imide groups is 1. The van der Waals surface area contributed by atoms with Crippen molar-refractivity contribution in [3.63, 3.8) is 0 Å². The van der Waals surface area contributed by atoms with Crippen molar-refractivity contribution in [1.29, 1.82) is 0 Å². The summed E-state index contributed by atoms with van der Waals surface area (Å²) >= 11 is 0. The lowest BCUT2D eigenvalue weighted by atomic mass is 10.2. The van der Waals surface area contributed by atoms with Crippen LogP contribution in [-0.2, 0) is 9.59 Å². The van der Waals surface area contributed by atoms with E-state index in [1.807, 2.05) is 0 Å². The summed E-state index contributed by atoms with van der Waals surface area (Å²) < 4.78 is 5.17. The van der Waals surface area contributed by atoms with Crippen molar-refractivity contribution in [3.05, 3.63) is 24.3 Å². The summed E-state index contributed by atoms with van der Waals surface area (Å²) in [5.41, 5.74) is 0.589. The molecule has 6 heteroatoms. The molecule has 0 unspecified atom stereocenters. The number of anilines is 1. The highest BCUT2D eigenvalue weighted by molar-refractivity contribution is 6.22. The lowest BCUT2D eigenvalue weighted by molar-refractivity contribution is -0.123. The molecule has 6 nitrogen and oxygen atoms in total. The van der Waals surface area contributed by atoms with E-state index in [4.69, 9.17) is 4.74 Å². The van der Waals surface area contributed by atoms with Gasteiger partial charge in [-0.15, -0.1) is 0 Å². The zero-order valence-corrected chi connectivity index (χ0v) is 13.0. The Kier molecular flexibility index (Phi) is 4.13. The fourth-order valence-corrected chi connectivity index (χ4v) is 3.06. The average Bonchev–Trinajstić information content (AvgIpc) is 2.83. The first-order valence-corrected chi connectivity index (χ1v) is 7.53. The van der Waals surface area contributed by atoms with Gasteiger partial charge >= 0.3 is 0 Å². The average molecular weight is 303 g/mol. The van der Waals surface area contributed by atoms with Crippen molar-refractivity contribution in [2.24, 2.45) is 0 Å². The number of methoxy groups -OCH3 is 1. The van der Waals surface area contributed by atoms with Crippen LogP contribution in [-0.4, -0.2) is 68.0 Å². The fraction of sp³-hybridized carbons (Fsp3) is 0.500. The van der Waals surface area contributed by atoms with E-state index in [1.54, 1.807) is 31.4 Å². The normalized spacial score (nSPS) is 24.1. The molecule has 0 spiro atoms. The van der Waals surface area contributed by atoms with E-state index in [0.717, 1.165) is 26.2 Å². The number of rotatable bonds is 3. The van der Waals surface area contributed by atoms with Crippen molar-refractivity contribution in [3.8, 4) is 5.75 Å². The van der Waals surface area contributed by atoms with E-state index in [2.05, 4.69) is 16.8 Å². The Hall–Kier alpha value is -1.92. The minimum atomic E-state index is -0.326. The highest BCUT2D eigenvalue weighted by atomic mass is 16.5. The molecule has 1 atom stereocenters. The summed E-state index contributed by atoms with van der Waals surface area (Å²) in [7, 11) is 3.64. The maximum absolute atomic E-state index is 12.7. The van der Waals surface area contributed by atoms with Crippen LogP contribution in [0.25, 0.3) is 0 Å². The summed E-state index contributed by atoms with van der Waals surface area (Å²) in [5, 5.41) is 0. The lowest BCUT2D eigenvalue weighted by Crippen LogP contribution is -2.51. The molecule has 2 saturated heterocycles. The van der Waals surface area contributed by atoms with Gasteiger partial charge in [0.2, 0.25) is 5.91 Å². The number of carbonyl (C=O) groups is 2. The number of hydrogen-bond acceptors (Lipinski definition) is 5. The molecule has 0 bridgehead atoms. The number of piperazine rings is 1. The van der Waals surface area contributed by atoms with Crippen LogP contribution in [0.15, 0.2) is 24.3 Å². The third kappa shape index (κ3) is 2.71. The van der Waals surface area contributed by atoms with Crippen molar-refractivity contribution >= 4 is 17.5 Å². The molecule has 0 N–H and O–H groups in total. The molecular formula is C16H21N3O3. The van der Waals surface area contributed by atoms with Crippen LogP contribution >= 0.6 is 0 Å². The smallest absolute Gasteiger partial charge is 0.251 e. The topological polar surface area (TPSA) is 53.1 Å². The molecule has 0 aliphatic carbocycles. The van der Waals surface area contributed by atoms with Crippen LogP contribution in [0, 0.1) is 0 Å². The van der Waals surface area contributed by atoms with Crippen molar-refractivity contribution in [1.82, 2.24) is 9.80 Å². The first-order valence-electron chi connectivity index (χ1n) is 7.53. The maximum atomic E-state index is 12.7. The van der Waals surface area contributed by atoms with Gasteiger partial charge in [0.25, 0.3) is 5.91 Å². The molecule has 3 rings (SSSR count). The van der Waals surface area contributed by atoms with E-state index in [1.165, 1.54) is 4.90 Å². The van der Waals surface area contributed by atoms with Gasteiger partial charge in [0.05, 0.1) is 25.3 Å². The molecule has 0 radical (unpaired) electrons. The van der Waals surface area contributed by atoms with E-state index in [-0.39, 0.29) is 24.3 Å². The van der Waals surface area contributed by atoms with Gasteiger partial charge in [-0.2, -0.15) is 0 Å². The van der Waals surface area contributed by atoms with Gasteiger partial charge in [0.1, 0.15) is 5.75 Å². The molecule has 2 heterocycles. The standard InChI is InChI=1S/C16H21N3O3/c1-17-6-8-18(9-7-17)14-11-15(20)19(16(14)21)12-4-3-5-13(10-12)22-2/h3-5,10,14H,6-9,11H2,1-2H3/t14-/m0/s1. The van der Waals surface area contributed by atoms with E-state index in [9.17, 15) is 9.59 Å². The van der Waals surface area contributed by atoms with Gasteiger partial charge < -0.3 is 9.64 Å². The maximum Gasteiger partial charge on any atom is 0.251 e. The predicted molar refractivity (Wildman–Crippen MR) is 83.0 cm³/mol. The number of likely N-dealkylation sites (N-methyl/N-ethyl adjacent to an activating group) is 1. The van der Waals surface area contributed by atoms with Crippen LogP contribution in [0.1, 0.15) is 6.42 Å². The van der Waals surface area contributed by atoms with Crippen LogP contribution < -0.4 is 9.64 Å². The zero-order chi connectivity index (χ0) is 15.7. The molecule has 22 heavy (non-hydrogen) atoms. The Labute approximate surface area is 130 Å². The summed E-state index contributed by atoms with van der Waals surface area (Å²) in [6.07, 6.45) is 0.264. The highest BCUT2D eigenvalue weighted by Gasteiger charge is 2.43. The molecule has 1 aromatic rings. The van der Waals surface area contributed by atoms with Gasteiger partial charge in [-0.05, 0) is 19.2 Å². The number of ether oxygens (including phenoxy) is 1. The van der Waals surface area contributed by atoms with Crippen LogP contribution in [0.2, 0.25) is 0 Å². The number of nitrogens with zero attached hydrogens (tertiary/aromatic N) is 3. The summed E-state index contributed by atoms with van der Waals surface area (Å²) in [5.74, 6) is 0.381. The molecule has 2 amide bonds. The van der Waals surface area contributed by atoms with Crippen LogP contribution in [0.3, 0.4) is 0 Å². The largest absolute Gasteiger partial charge is 0.497 e. The Morgan fingerprint density at radius 2 is 1.86 bits per heavy atom.